The predicted octanol–water partition coefficient (Wildman–Crippen LogP) is 3.99. The molecule has 0 spiro atoms. The molecule has 0 fully saturated rings. The topological polar surface area (TPSA) is 55.4 Å². The molecule has 136 valence electrons. The number of alkyl halides is 3. The normalized spacial score (nSPS) is 13.2. The maximum Gasteiger partial charge on any atom is 0.417 e. The Morgan fingerprint density at radius 1 is 1.04 bits per heavy atom. The van der Waals surface area contributed by atoms with Crippen LogP contribution in [-0.2, 0) is 28.5 Å². The molecule has 0 saturated carbocycles. The number of benzene rings is 2. The van der Waals surface area contributed by atoms with Gasteiger partial charge < -0.3 is 10.1 Å². The first-order valence-corrected chi connectivity index (χ1v) is 8.09. The van der Waals surface area contributed by atoms with Gasteiger partial charge in [0.1, 0.15) is 0 Å². The minimum Gasteiger partial charge on any atom is -0.452 e. The number of halogens is 3. The van der Waals surface area contributed by atoms with Crippen LogP contribution in [0.1, 0.15) is 33.5 Å². The first-order valence-electron chi connectivity index (χ1n) is 8.09. The number of carbonyl (C=O) groups is 2. The average molecular weight is 363 g/mol. The molecular weight excluding hydrogens is 347 g/mol. The van der Waals surface area contributed by atoms with E-state index in [1.165, 1.54) is 23.3 Å². The van der Waals surface area contributed by atoms with Crippen molar-refractivity contribution in [3.63, 3.8) is 0 Å². The summed E-state index contributed by atoms with van der Waals surface area (Å²) < 4.78 is 43.5. The van der Waals surface area contributed by atoms with Crippen molar-refractivity contribution in [1.82, 2.24) is 0 Å². The maximum atomic E-state index is 12.9. The molecule has 0 atom stereocenters. The van der Waals surface area contributed by atoms with Gasteiger partial charge in [-0.25, -0.2) is 4.79 Å². The van der Waals surface area contributed by atoms with E-state index in [-0.39, 0.29) is 0 Å². The largest absolute Gasteiger partial charge is 0.452 e. The number of nitrogens with one attached hydrogen (secondary N) is 1. The highest BCUT2D eigenvalue weighted by Crippen LogP contribution is 2.32. The molecule has 0 bridgehead atoms. The van der Waals surface area contributed by atoms with E-state index in [9.17, 15) is 22.8 Å². The molecule has 1 amide bonds. The second kappa shape index (κ2) is 7.19. The van der Waals surface area contributed by atoms with Crippen molar-refractivity contribution >= 4 is 17.6 Å². The molecule has 1 aliphatic carbocycles. The van der Waals surface area contributed by atoms with Crippen LogP contribution in [0.2, 0.25) is 0 Å². The third-order valence-electron chi connectivity index (χ3n) is 4.17. The van der Waals surface area contributed by atoms with E-state index in [4.69, 9.17) is 4.74 Å². The van der Waals surface area contributed by atoms with Crippen molar-refractivity contribution in [2.45, 2.75) is 25.4 Å². The average Bonchev–Trinajstić information content (AvgIpc) is 3.06. The third-order valence-corrected chi connectivity index (χ3v) is 4.17. The van der Waals surface area contributed by atoms with Crippen molar-refractivity contribution < 1.29 is 27.5 Å². The number of hydrogen-bond acceptors (Lipinski definition) is 3. The van der Waals surface area contributed by atoms with Gasteiger partial charge in [0.05, 0.1) is 11.1 Å². The summed E-state index contributed by atoms with van der Waals surface area (Å²) in [6.07, 6.45) is -1.65. The summed E-state index contributed by atoms with van der Waals surface area (Å²) in [4.78, 5) is 23.8. The molecule has 0 aromatic heterocycles. The van der Waals surface area contributed by atoms with Gasteiger partial charge in [0.25, 0.3) is 5.91 Å². The van der Waals surface area contributed by atoms with Gasteiger partial charge in [-0.2, -0.15) is 13.2 Å². The Kier molecular flexibility index (Phi) is 4.97. The van der Waals surface area contributed by atoms with Crippen LogP contribution in [0.15, 0.2) is 42.5 Å². The standard InChI is InChI=1S/C19H16F3NO3/c20-19(21,22)16-7-2-1-6-15(16)18(25)26-11-17(24)23-14-9-8-12-4-3-5-13(12)10-14/h1-2,6-10H,3-5,11H2,(H,23,24). The van der Waals surface area contributed by atoms with E-state index in [1.54, 1.807) is 6.07 Å². The zero-order valence-electron chi connectivity index (χ0n) is 13.7. The summed E-state index contributed by atoms with van der Waals surface area (Å²) in [6.45, 7) is -0.665. The molecule has 26 heavy (non-hydrogen) atoms. The number of ether oxygens (including phenoxy) is 1. The second-order valence-corrected chi connectivity index (χ2v) is 6.00. The van der Waals surface area contributed by atoms with E-state index < -0.39 is 35.8 Å². The molecule has 0 heterocycles. The monoisotopic (exact) mass is 363 g/mol. The number of carbonyl (C=O) groups excluding carboxylic acids is 2. The van der Waals surface area contributed by atoms with Gasteiger partial charge in [-0.1, -0.05) is 18.2 Å². The lowest BCUT2D eigenvalue weighted by atomic mass is 10.1. The Morgan fingerprint density at radius 3 is 2.54 bits per heavy atom. The Hall–Kier alpha value is -2.83. The first kappa shape index (κ1) is 18.0. The van der Waals surface area contributed by atoms with Crippen molar-refractivity contribution in [2.75, 3.05) is 11.9 Å². The van der Waals surface area contributed by atoms with Crippen LogP contribution in [0, 0.1) is 0 Å². The number of anilines is 1. The van der Waals surface area contributed by atoms with Crippen molar-refractivity contribution in [2.24, 2.45) is 0 Å². The third kappa shape index (κ3) is 4.04. The van der Waals surface area contributed by atoms with E-state index >= 15 is 0 Å². The molecule has 0 aliphatic heterocycles. The lowest BCUT2D eigenvalue weighted by Crippen LogP contribution is -2.22. The summed E-state index contributed by atoms with van der Waals surface area (Å²) >= 11 is 0. The van der Waals surface area contributed by atoms with E-state index in [2.05, 4.69) is 5.32 Å². The summed E-state index contributed by atoms with van der Waals surface area (Å²) in [5, 5.41) is 2.58. The van der Waals surface area contributed by atoms with Crippen LogP contribution >= 0.6 is 0 Å². The highest BCUT2D eigenvalue weighted by molar-refractivity contribution is 5.96. The van der Waals surface area contributed by atoms with Crippen molar-refractivity contribution in [3.05, 3.63) is 64.7 Å². The fraction of sp³-hybridized carbons (Fsp3) is 0.263. The maximum absolute atomic E-state index is 12.9. The number of rotatable bonds is 4. The summed E-state index contributed by atoms with van der Waals surface area (Å²) in [7, 11) is 0. The molecule has 0 saturated heterocycles. The van der Waals surface area contributed by atoms with Gasteiger partial charge in [-0.15, -0.1) is 0 Å². The van der Waals surface area contributed by atoms with Crippen LogP contribution in [-0.4, -0.2) is 18.5 Å². The molecule has 3 rings (SSSR count). The summed E-state index contributed by atoms with van der Waals surface area (Å²) in [6, 6.07) is 9.84. The number of hydrogen-bond donors (Lipinski definition) is 1. The van der Waals surface area contributed by atoms with Gasteiger partial charge in [0.2, 0.25) is 0 Å². The second-order valence-electron chi connectivity index (χ2n) is 6.00. The summed E-state index contributed by atoms with van der Waals surface area (Å²) in [5.41, 5.74) is 1.27. The number of fused-ring (bicyclic) bond motifs is 1. The Balaban J connectivity index is 1.61. The first-order chi connectivity index (χ1) is 12.3. The van der Waals surface area contributed by atoms with Gasteiger partial charge in [0.15, 0.2) is 6.61 Å². The highest BCUT2D eigenvalue weighted by Gasteiger charge is 2.35. The molecule has 2 aromatic carbocycles. The zero-order chi connectivity index (χ0) is 18.7. The summed E-state index contributed by atoms with van der Waals surface area (Å²) in [5.74, 6) is -1.80. The minimum atomic E-state index is -4.68. The van der Waals surface area contributed by atoms with Gasteiger partial charge in [-0.3, -0.25) is 4.79 Å². The van der Waals surface area contributed by atoms with Gasteiger partial charge in [0, 0.05) is 5.69 Å². The van der Waals surface area contributed by atoms with E-state index in [1.807, 2.05) is 12.1 Å². The highest BCUT2D eigenvalue weighted by atomic mass is 19.4. The smallest absolute Gasteiger partial charge is 0.417 e. The van der Waals surface area contributed by atoms with E-state index in [0.29, 0.717) is 5.69 Å². The van der Waals surface area contributed by atoms with Crippen LogP contribution in [0.4, 0.5) is 18.9 Å². The minimum absolute atomic E-state index is 0.572. The molecule has 7 heteroatoms. The number of amides is 1. The van der Waals surface area contributed by atoms with Gasteiger partial charge in [-0.05, 0) is 54.7 Å². The Labute approximate surface area is 148 Å². The Bertz CT molecular complexity index is 846. The lowest BCUT2D eigenvalue weighted by Gasteiger charge is -2.12. The molecule has 4 nitrogen and oxygen atoms in total. The number of aryl methyl sites for hydroxylation is 2. The zero-order valence-corrected chi connectivity index (χ0v) is 13.7. The van der Waals surface area contributed by atoms with Crippen LogP contribution < -0.4 is 5.32 Å². The fourth-order valence-electron chi connectivity index (χ4n) is 2.96. The van der Waals surface area contributed by atoms with Crippen LogP contribution in [0.5, 0.6) is 0 Å². The molecule has 0 radical (unpaired) electrons. The fourth-order valence-corrected chi connectivity index (χ4v) is 2.96. The van der Waals surface area contributed by atoms with Gasteiger partial charge >= 0.3 is 12.1 Å². The predicted molar refractivity (Wildman–Crippen MR) is 88.8 cm³/mol. The van der Waals surface area contributed by atoms with Crippen molar-refractivity contribution in [3.8, 4) is 0 Å². The molecule has 0 unspecified atom stereocenters. The quantitative estimate of drug-likeness (QED) is 0.836. The molecule has 2 aromatic rings. The molecule has 1 aliphatic rings. The molecular formula is C19H16F3NO3. The molecule has 1 N–H and O–H groups in total. The van der Waals surface area contributed by atoms with Crippen LogP contribution in [0.3, 0.4) is 0 Å². The van der Waals surface area contributed by atoms with Crippen molar-refractivity contribution in [1.29, 1.82) is 0 Å². The van der Waals surface area contributed by atoms with Crippen LogP contribution in [0.25, 0.3) is 0 Å². The van der Waals surface area contributed by atoms with E-state index in [0.717, 1.165) is 31.4 Å². The lowest BCUT2D eigenvalue weighted by molar-refractivity contribution is -0.138. The SMILES string of the molecule is O=C(COC(=O)c1ccccc1C(F)(F)F)Nc1ccc2c(c1)CCC2. The number of esters is 1. The Morgan fingerprint density at radius 2 is 1.77 bits per heavy atom.